The van der Waals surface area contributed by atoms with E-state index in [1.807, 2.05) is 14.1 Å². The molecule has 9 heteroatoms. The van der Waals surface area contributed by atoms with Crippen molar-refractivity contribution in [2.24, 2.45) is 7.05 Å². The van der Waals surface area contributed by atoms with Gasteiger partial charge in [0.15, 0.2) is 0 Å². The molecule has 1 heterocycles. The molecule has 1 aromatic heterocycles. The van der Waals surface area contributed by atoms with Crippen LogP contribution < -0.4 is 27.4 Å². The summed E-state index contributed by atoms with van der Waals surface area (Å²) in [5, 5.41) is 9.09. The van der Waals surface area contributed by atoms with Crippen molar-refractivity contribution in [1.82, 2.24) is 30.4 Å². The molecule has 1 rings (SSSR count). The van der Waals surface area contributed by atoms with Crippen molar-refractivity contribution in [3.8, 4) is 0 Å². The number of aryl methyl sites for hydroxylation is 1. The first kappa shape index (κ1) is 20.8. The second-order valence-electron chi connectivity index (χ2n) is 5.65. The van der Waals surface area contributed by atoms with Crippen molar-refractivity contribution in [3.05, 3.63) is 28.3 Å². The number of hydrogen-bond acceptors (Lipinski definition) is 7. The molecule has 1 aromatic rings. The summed E-state index contributed by atoms with van der Waals surface area (Å²) in [5.74, 6) is -0.104. The average molecular weight is 351 g/mol. The Bertz CT molecular complexity index is 619. The summed E-state index contributed by atoms with van der Waals surface area (Å²) >= 11 is 0. The van der Waals surface area contributed by atoms with Gasteiger partial charge < -0.3 is 26.3 Å². The molecule has 140 valence electrons. The van der Waals surface area contributed by atoms with E-state index in [0.29, 0.717) is 12.1 Å². The predicted molar refractivity (Wildman–Crippen MR) is 100 cm³/mol. The van der Waals surface area contributed by atoms with Crippen LogP contribution in [0.1, 0.15) is 5.56 Å². The number of nitrogen functional groups attached to an aromatic ring is 1. The van der Waals surface area contributed by atoms with Gasteiger partial charge in [0, 0.05) is 64.2 Å². The van der Waals surface area contributed by atoms with E-state index in [1.165, 1.54) is 10.6 Å². The third-order valence-corrected chi connectivity index (χ3v) is 3.64. The minimum Gasteiger partial charge on any atom is -0.383 e. The largest absolute Gasteiger partial charge is 0.383 e. The normalized spacial score (nSPS) is 11.4. The molecule has 0 atom stereocenters. The SMILES string of the molecule is CNCCN(CCNC)CCNC(=O)/C=C/c1cn(C)c(=O)nc1N. The van der Waals surface area contributed by atoms with Crippen LogP contribution in [0, 0.1) is 0 Å². The van der Waals surface area contributed by atoms with Gasteiger partial charge in [-0.3, -0.25) is 9.69 Å². The number of amides is 1. The van der Waals surface area contributed by atoms with E-state index in [9.17, 15) is 9.59 Å². The number of carbonyl (C=O) groups excluding carboxylic acids is 1. The fourth-order valence-electron chi connectivity index (χ4n) is 2.14. The summed E-state index contributed by atoms with van der Waals surface area (Å²) in [7, 11) is 5.42. The van der Waals surface area contributed by atoms with Crippen LogP contribution in [0.4, 0.5) is 5.82 Å². The molecule has 25 heavy (non-hydrogen) atoms. The second kappa shape index (κ2) is 11.3. The van der Waals surface area contributed by atoms with E-state index in [-0.39, 0.29) is 11.7 Å². The Kier molecular flexibility index (Phi) is 9.45. The summed E-state index contributed by atoms with van der Waals surface area (Å²) in [6.45, 7) is 4.96. The molecule has 0 saturated carbocycles. The van der Waals surface area contributed by atoms with E-state index >= 15 is 0 Å². The molecule has 0 radical (unpaired) electrons. The van der Waals surface area contributed by atoms with Crippen molar-refractivity contribution < 1.29 is 4.79 Å². The standard InChI is InChI=1S/C16H29N7O2/c1-18-6-9-23(10-7-19-2)11-8-20-14(24)5-4-13-12-22(3)16(25)21-15(13)17/h4-5,12,18-19H,6-11H2,1-3H3,(H,20,24)(H2,17,21,25)/b5-4+. The summed E-state index contributed by atoms with van der Waals surface area (Å²) in [4.78, 5) is 29.2. The molecule has 0 saturated heterocycles. The van der Waals surface area contributed by atoms with Crippen LogP contribution in [0.25, 0.3) is 6.08 Å². The lowest BCUT2D eigenvalue weighted by Gasteiger charge is -2.22. The zero-order chi connectivity index (χ0) is 18.7. The average Bonchev–Trinajstić information content (AvgIpc) is 2.58. The van der Waals surface area contributed by atoms with E-state index in [2.05, 4.69) is 25.8 Å². The molecular formula is C16H29N7O2. The highest BCUT2D eigenvalue weighted by Crippen LogP contribution is 2.06. The zero-order valence-corrected chi connectivity index (χ0v) is 15.2. The van der Waals surface area contributed by atoms with Crippen molar-refractivity contribution in [3.63, 3.8) is 0 Å². The van der Waals surface area contributed by atoms with Gasteiger partial charge in [-0.2, -0.15) is 4.98 Å². The molecule has 5 N–H and O–H groups in total. The highest BCUT2D eigenvalue weighted by Gasteiger charge is 2.05. The summed E-state index contributed by atoms with van der Waals surface area (Å²) in [6.07, 6.45) is 4.49. The number of carbonyl (C=O) groups is 1. The van der Waals surface area contributed by atoms with Crippen molar-refractivity contribution >= 4 is 17.8 Å². The molecule has 0 spiro atoms. The van der Waals surface area contributed by atoms with Gasteiger partial charge in [0.2, 0.25) is 5.91 Å². The van der Waals surface area contributed by atoms with Crippen LogP contribution in [-0.2, 0) is 11.8 Å². The summed E-state index contributed by atoms with van der Waals surface area (Å²) in [5.41, 5.74) is 5.78. The number of aromatic nitrogens is 2. The van der Waals surface area contributed by atoms with Gasteiger partial charge in [-0.1, -0.05) is 0 Å². The van der Waals surface area contributed by atoms with Gasteiger partial charge in [-0.25, -0.2) is 4.79 Å². The first-order chi connectivity index (χ1) is 12.0. The Balaban J connectivity index is 2.47. The maximum atomic E-state index is 11.9. The van der Waals surface area contributed by atoms with Crippen LogP contribution in [0.5, 0.6) is 0 Å². The first-order valence-corrected chi connectivity index (χ1v) is 8.28. The van der Waals surface area contributed by atoms with Crippen molar-refractivity contribution in [2.75, 3.05) is 59.1 Å². The first-order valence-electron chi connectivity index (χ1n) is 8.28. The number of anilines is 1. The van der Waals surface area contributed by atoms with Crippen LogP contribution in [0.15, 0.2) is 17.1 Å². The fraction of sp³-hybridized carbons (Fsp3) is 0.562. The molecule has 9 nitrogen and oxygen atoms in total. The quantitative estimate of drug-likeness (QED) is 0.349. The van der Waals surface area contributed by atoms with Crippen LogP contribution in [0.3, 0.4) is 0 Å². The van der Waals surface area contributed by atoms with E-state index in [4.69, 9.17) is 5.73 Å². The molecule has 0 aliphatic rings. The van der Waals surface area contributed by atoms with Crippen molar-refractivity contribution in [1.29, 1.82) is 0 Å². The Hall–Kier alpha value is -2.23. The molecule has 0 fully saturated rings. The number of rotatable bonds is 11. The molecule has 0 aromatic carbocycles. The lowest BCUT2D eigenvalue weighted by Crippen LogP contribution is -2.40. The minimum absolute atomic E-state index is 0.109. The highest BCUT2D eigenvalue weighted by atomic mass is 16.1. The number of nitrogens with two attached hydrogens (primary N) is 1. The Labute approximate surface area is 148 Å². The monoisotopic (exact) mass is 351 g/mol. The van der Waals surface area contributed by atoms with Crippen molar-refractivity contribution in [2.45, 2.75) is 0 Å². The minimum atomic E-state index is -0.428. The van der Waals surface area contributed by atoms with E-state index in [1.54, 1.807) is 19.3 Å². The van der Waals surface area contributed by atoms with Gasteiger partial charge in [-0.15, -0.1) is 0 Å². The molecule has 0 unspecified atom stereocenters. The van der Waals surface area contributed by atoms with Gasteiger partial charge >= 0.3 is 5.69 Å². The Morgan fingerprint density at radius 1 is 1.24 bits per heavy atom. The second-order valence-corrected chi connectivity index (χ2v) is 5.65. The molecule has 0 aliphatic heterocycles. The van der Waals surface area contributed by atoms with Crippen LogP contribution in [-0.4, -0.2) is 73.7 Å². The third-order valence-electron chi connectivity index (χ3n) is 3.64. The summed E-state index contributed by atoms with van der Waals surface area (Å²) in [6, 6.07) is 0. The zero-order valence-electron chi connectivity index (χ0n) is 15.2. The third kappa shape index (κ3) is 7.92. The number of likely N-dealkylation sites (N-methyl/N-ethyl adjacent to an activating group) is 2. The summed E-state index contributed by atoms with van der Waals surface area (Å²) < 4.78 is 1.31. The molecule has 0 bridgehead atoms. The molecular weight excluding hydrogens is 322 g/mol. The van der Waals surface area contributed by atoms with Gasteiger partial charge in [0.05, 0.1) is 0 Å². The predicted octanol–water partition coefficient (Wildman–Crippen LogP) is -1.77. The fourth-order valence-corrected chi connectivity index (χ4v) is 2.14. The van der Waals surface area contributed by atoms with Gasteiger partial charge in [-0.05, 0) is 20.2 Å². The smallest absolute Gasteiger partial charge is 0.349 e. The van der Waals surface area contributed by atoms with Gasteiger partial charge in [0.1, 0.15) is 5.82 Å². The maximum Gasteiger partial charge on any atom is 0.349 e. The lowest BCUT2D eigenvalue weighted by molar-refractivity contribution is -0.116. The molecule has 0 aliphatic carbocycles. The van der Waals surface area contributed by atoms with Gasteiger partial charge in [0.25, 0.3) is 0 Å². The number of nitrogens with zero attached hydrogens (tertiary/aromatic N) is 3. The maximum absolute atomic E-state index is 11.9. The van der Waals surface area contributed by atoms with E-state index < -0.39 is 5.69 Å². The number of hydrogen-bond donors (Lipinski definition) is 4. The van der Waals surface area contributed by atoms with Crippen LogP contribution in [0.2, 0.25) is 0 Å². The van der Waals surface area contributed by atoms with E-state index in [0.717, 1.165) is 32.7 Å². The lowest BCUT2D eigenvalue weighted by atomic mass is 10.2. The Morgan fingerprint density at radius 2 is 1.84 bits per heavy atom. The topological polar surface area (TPSA) is 117 Å². The highest BCUT2D eigenvalue weighted by molar-refractivity contribution is 5.92. The van der Waals surface area contributed by atoms with Crippen LogP contribution >= 0.6 is 0 Å². The Morgan fingerprint density at radius 3 is 2.44 bits per heavy atom. The number of nitrogens with one attached hydrogen (secondary N) is 3. The molecule has 1 amide bonds.